The number of aliphatic hydroxyl groups excluding tert-OH is 1. The number of aromatic nitrogens is 1. The Morgan fingerprint density at radius 3 is 2.56 bits per heavy atom. The van der Waals surface area contributed by atoms with Crippen molar-refractivity contribution >= 4 is 11.6 Å². The molecule has 2 aromatic carbocycles. The van der Waals surface area contributed by atoms with Crippen LogP contribution < -0.4 is 5.48 Å². The Morgan fingerprint density at radius 1 is 1.16 bits per heavy atom. The lowest BCUT2D eigenvalue weighted by Gasteiger charge is -2.10. The number of benzene rings is 2. The number of anilines is 1. The predicted octanol–water partition coefficient (Wildman–Crippen LogP) is 3.62. The summed E-state index contributed by atoms with van der Waals surface area (Å²) >= 11 is 0. The largest absolute Gasteiger partial charge is 0.390 e. The molecule has 1 heterocycles. The van der Waals surface area contributed by atoms with Crippen molar-refractivity contribution in [3.05, 3.63) is 77.6 Å². The molecule has 0 bridgehead atoms. The molecule has 25 heavy (non-hydrogen) atoms. The molecule has 0 radical (unpaired) electrons. The van der Waals surface area contributed by atoms with Gasteiger partial charge in [-0.1, -0.05) is 36.4 Å². The second kappa shape index (κ2) is 7.34. The summed E-state index contributed by atoms with van der Waals surface area (Å²) < 4.78 is 1.43. The Hall–Kier alpha value is -2.89. The number of hydrogen-bond donors (Lipinski definition) is 2. The molecule has 3 rings (SSSR count). The third-order valence-electron chi connectivity index (χ3n) is 4.06. The molecule has 3 aromatic rings. The van der Waals surface area contributed by atoms with Crippen LogP contribution in [0.25, 0.3) is 11.1 Å². The molecular weight excluding hydrogens is 316 g/mol. The normalized spacial score (nSPS) is 10.7. The lowest BCUT2D eigenvalue weighted by atomic mass is 9.98. The third kappa shape index (κ3) is 3.47. The molecule has 0 saturated carbocycles. The zero-order valence-electron chi connectivity index (χ0n) is 14.2. The van der Waals surface area contributed by atoms with Crippen LogP contribution in [0.15, 0.2) is 60.8 Å². The first-order valence-corrected chi connectivity index (χ1v) is 7.96. The van der Waals surface area contributed by atoms with Gasteiger partial charge in [-0.05, 0) is 41.8 Å². The van der Waals surface area contributed by atoms with Crippen molar-refractivity contribution in [1.29, 1.82) is 0 Å². The number of carbonyl (C=O) groups excluding carboxylic acids is 1. The summed E-state index contributed by atoms with van der Waals surface area (Å²) in [6.07, 6.45) is 1.61. The molecule has 1 aromatic heterocycles. The van der Waals surface area contributed by atoms with Gasteiger partial charge in [-0.15, -0.1) is 0 Å². The number of rotatable bonds is 5. The molecule has 128 valence electrons. The second-order valence-corrected chi connectivity index (χ2v) is 5.76. The van der Waals surface area contributed by atoms with Crippen molar-refractivity contribution in [3.63, 3.8) is 0 Å². The monoisotopic (exact) mass is 336 g/mol. The van der Waals surface area contributed by atoms with E-state index in [4.69, 9.17) is 4.84 Å². The standard InChI is InChI=1S/C20H20N2O3/c1-14-10-16(8-9-19(14)15-6-4-3-5-7-15)20(24)22-12-17(21-25-2)11-18(22)13-23/h3-12,21,23H,13H2,1-2H3. The van der Waals surface area contributed by atoms with Crippen molar-refractivity contribution in [1.82, 2.24) is 4.57 Å². The molecule has 5 heteroatoms. The highest BCUT2D eigenvalue weighted by Crippen LogP contribution is 2.25. The summed E-state index contributed by atoms with van der Waals surface area (Å²) in [5.74, 6) is -0.198. The van der Waals surface area contributed by atoms with Crippen molar-refractivity contribution in [3.8, 4) is 11.1 Å². The highest BCUT2D eigenvalue weighted by atomic mass is 16.6. The van der Waals surface area contributed by atoms with Crippen LogP contribution in [-0.2, 0) is 11.4 Å². The Bertz CT molecular complexity index is 885. The Kier molecular flexibility index (Phi) is 4.97. The number of hydrogen-bond acceptors (Lipinski definition) is 4. The van der Waals surface area contributed by atoms with E-state index in [1.54, 1.807) is 12.3 Å². The van der Waals surface area contributed by atoms with Gasteiger partial charge in [-0.2, -0.15) is 0 Å². The molecule has 0 spiro atoms. The van der Waals surface area contributed by atoms with E-state index in [1.807, 2.05) is 55.5 Å². The van der Waals surface area contributed by atoms with E-state index < -0.39 is 0 Å². The molecule has 0 saturated heterocycles. The number of nitrogens with one attached hydrogen (secondary N) is 1. The van der Waals surface area contributed by atoms with Gasteiger partial charge in [0.25, 0.3) is 5.91 Å². The van der Waals surface area contributed by atoms with Crippen LogP contribution >= 0.6 is 0 Å². The number of carbonyl (C=O) groups is 1. The van der Waals surface area contributed by atoms with Crippen molar-refractivity contribution in [2.24, 2.45) is 0 Å². The van der Waals surface area contributed by atoms with E-state index in [0.29, 0.717) is 16.9 Å². The van der Waals surface area contributed by atoms with Crippen molar-refractivity contribution in [2.45, 2.75) is 13.5 Å². The van der Waals surface area contributed by atoms with Crippen LogP contribution in [0, 0.1) is 6.92 Å². The Labute approximate surface area is 146 Å². The van der Waals surface area contributed by atoms with E-state index in [1.165, 1.54) is 11.7 Å². The summed E-state index contributed by atoms with van der Waals surface area (Å²) in [6.45, 7) is 1.75. The first-order valence-electron chi connectivity index (χ1n) is 7.96. The first kappa shape index (κ1) is 17.0. The molecule has 0 amide bonds. The lowest BCUT2D eigenvalue weighted by molar-refractivity contribution is 0.0951. The van der Waals surface area contributed by atoms with Gasteiger partial charge < -0.3 is 5.11 Å². The smallest absolute Gasteiger partial charge is 0.262 e. The summed E-state index contributed by atoms with van der Waals surface area (Å²) in [5, 5.41) is 9.50. The summed E-state index contributed by atoms with van der Waals surface area (Å²) in [5.41, 5.74) is 7.56. The van der Waals surface area contributed by atoms with E-state index >= 15 is 0 Å². The van der Waals surface area contributed by atoms with Crippen LogP contribution in [0.3, 0.4) is 0 Å². The van der Waals surface area contributed by atoms with Crippen molar-refractivity contribution in [2.75, 3.05) is 12.6 Å². The van der Waals surface area contributed by atoms with Crippen LogP contribution in [0.1, 0.15) is 21.6 Å². The average molecular weight is 336 g/mol. The van der Waals surface area contributed by atoms with Gasteiger partial charge in [0.1, 0.15) is 0 Å². The second-order valence-electron chi connectivity index (χ2n) is 5.76. The topological polar surface area (TPSA) is 63.5 Å². The summed E-state index contributed by atoms with van der Waals surface area (Å²) in [6, 6.07) is 17.4. The zero-order valence-corrected chi connectivity index (χ0v) is 14.2. The minimum atomic E-state index is -0.238. The number of aliphatic hydroxyl groups is 1. The van der Waals surface area contributed by atoms with Gasteiger partial charge in [0.05, 0.1) is 25.1 Å². The maximum Gasteiger partial charge on any atom is 0.262 e. The Morgan fingerprint density at radius 2 is 1.92 bits per heavy atom. The maximum atomic E-state index is 12.8. The van der Waals surface area contributed by atoms with Gasteiger partial charge >= 0.3 is 0 Å². The van der Waals surface area contributed by atoms with Crippen LogP contribution in [0.4, 0.5) is 5.69 Å². The van der Waals surface area contributed by atoms with Gasteiger partial charge in [0, 0.05) is 11.8 Å². The maximum absolute atomic E-state index is 12.8. The van der Waals surface area contributed by atoms with Crippen LogP contribution in [-0.4, -0.2) is 22.7 Å². The lowest BCUT2D eigenvalue weighted by Crippen LogP contribution is -2.14. The molecule has 0 atom stereocenters. The number of aryl methyl sites for hydroxylation is 1. The minimum Gasteiger partial charge on any atom is -0.390 e. The Balaban J connectivity index is 1.95. The van der Waals surface area contributed by atoms with E-state index in [9.17, 15) is 9.90 Å². The van der Waals surface area contributed by atoms with Crippen LogP contribution in [0.5, 0.6) is 0 Å². The average Bonchev–Trinajstić information content (AvgIpc) is 3.05. The molecule has 0 aliphatic heterocycles. The highest BCUT2D eigenvalue weighted by molar-refractivity contribution is 5.97. The molecule has 0 aliphatic rings. The van der Waals surface area contributed by atoms with E-state index in [2.05, 4.69) is 5.48 Å². The minimum absolute atomic E-state index is 0.198. The quantitative estimate of drug-likeness (QED) is 0.699. The molecule has 2 N–H and O–H groups in total. The van der Waals surface area contributed by atoms with E-state index in [0.717, 1.165) is 16.7 Å². The molecule has 5 nitrogen and oxygen atoms in total. The van der Waals surface area contributed by atoms with Crippen molar-refractivity contribution < 1.29 is 14.7 Å². The van der Waals surface area contributed by atoms with Gasteiger partial charge in [-0.25, -0.2) is 0 Å². The predicted molar refractivity (Wildman–Crippen MR) is 97.3 cm³/mol. The number of nitrogens with zero attached hydrogens (tertiary/aromatic N) is 1. The van der Waals surface area contributed by atoms with Gasteiger partial charge in [0.2, 0.25) is 0 Å². The fraction of sp³-hybridized carbons (Fsp3) is 0.150. The summed E-state index contributed by atoms with van der Waals surface area (Å²) in [7, 11) is 1.49. The highest BCUT2D eigenvalue weighted by Gasteiger charge is 2.15. The molecular formula is C20H20N2O3. The van der Waals surface area contributed by atoms with Gasteiger partial charge in [-0.3, -0.25) is 19.7 Å². The van der Waals surface area contributed by atoms with Crippen LogP contribution in [0.2, 0.25) is 0 Å². The zero-order chi connectivity index (χ0) is 17.8. The van der Waals surface area contributed by atoms with Gasteiger partial charge in [0.15, 0.2) is 0 Å². The molecule has 0 unspecified atom stereocenters. The third-order valence-corrected chi connectivity index (χ3v) is 4.06. The SMILES string of the molecule is CONc1cc(CO)n(C(=O)c2ccc(-c3ccccc3)c(C)c2)c1. The fourth-order valence-electron chi connectivity index (χ4n) is 2.87. The first-order chi connectivity index (χ1) is 12.1. The fourth-order valence-corrected chi connectivity index (χ4v) is 2.87. The molecule has 0 aliphatic carbocycles. The van der Waals surface area contributed by atoms with E-state index in [-0.39, 0.29) is 12.5 Å². The summed E-state index contributed by atoms with van der Waals surface area (Å²) in [4.78, 5) is 17.7. The molecule has 0 fully saturated rings.